The van der Waals surface area contributed by atoms with E-state index in [4.69, 9.17) is 34.8 Å². The second kappa shape index (κ2) is 6.78. The molecule has 2 N–H and O–H groups in total. The maximum absolute atomic E-state index is 11.7. The normalized spacial score (nSPS) is 13.6. The Balaban J connectivity index is 2.58. The fraction of sp³-hybridized carbons (Fsp3) is 0.182. The number of alkyl halides is 3. The van der Waals surface area contributed by atoms with Crippen LogP contribution in [0.1, 0.15) is 10.4 Å². The van der Waals surface area contributed by atoms with Gasteiger partial charge in [0.2, 0.25) is 3.79 Å². The summed E-state index contributed by atoms with van der Waals surface area (Å²) >= 11 is 19.6. The van der Waals surface area contributed by atoms with Crippen molar-refractivity contribution in [2.24, 2.45) is 0 Å². The first kappa shape index (κ1) is 15.8. The van der Waals surface area contributed by atoms with Gasteiger partial charge in [0.25, 0.3) is 0 Å². The summed E-state index contributed by atoms with van der Waals surface area (Å²) in [5, 5.41) is 11.7. The quantitative estimate of drug-likeness (QED) is 0.368. The molecule has 0 aliphatic heterocycles. The molecule has 0 aliphatic rings. The van der Waals surface area contributed by atoms with Gasteiger partial charge in [0.1, 0.15) is 0 Å². The smallest absolute Gasteiger partial charge is 0.234 e. The number of hydrogen-bond acceptors (Lipinski definition) is 3. The molecular formula is C11H9BrCl3NO2. The lowest BCUT2D eigenvalue weighted by atomic mass is 10.1. The molecule has 3 nitrogen and oxygen atoms in total. The summed E-state index contributed by atoms with van der Waals surface area (Å²) < 4.78 is -0.974. The van der Waals surface area contributed by atoms with Crippen molar-refractivity contribution in [2.45, 2.75) is 10.0 Å². The largest absolute Gasteiger partial charge is 0.370 e. The van der Waals surface area contributed by atoms with Crippen LogP contribution in [0.3, 0.4) is 0 Å². The number of hydrogen-bond donors (Lipinski definition) is 2. The van der Waals surface area contributed by atoms with Gasteiger partial charge in [0.05, 0.1) is 0 Å². The number of benzene rings is 1. The van der Waals surface area contributed by atoms with Crippen LogP contribution in [-0.2, 0) is 0 Å². The Kier molecular flexibility index (Phi) is 5.95. The first-order valence-electron chi connectivity index (χ1n) is 4.78. The maximum Gasteiger partial charge on any atom is 0.234 e. The van der Waals surface area contributed by atoms with E-state index in [1.807, 2.05) is 0 Å². The fourth-order valence-electron chi connectivity index (χ4n) is 1.02. The van der Waals surface area contributed by atoms with Crippen molar-refractivity contribution < 1.29 is 9.90 Å². The van der Waals surface area contributed by atoms with Crippen molar-refractivity contribution in [1.82, 2.24) is 5.32 Å². The van der Waals surface area contributed by atoms with E-state index in [0.29, 0.717) is 5.56 Å². The Morgan fingerprint density at radius 1 is 1.33 bits per heavy atom. The molecular weight excluding hydrogens is 364 g/mol. The van der Waals surface area contributed by atoms with Crippen LogP contribution in [0.25, 0.3) is 0 Å². The van der Waals surface area contributed by atoms with Crippen LogP contribution in [0.5, 0.6) is 0 Å². The monoisotopic (exact) mass is 371 g/mol. The number of aliphatic hydroxyl groups excluding tert-OH is 1. The van der Waals surface area contributed by atoms with Crippen LogP contribution in [-0.4, -0.2) is 20.9 Å². The van der Waals surface area contributed by atoms with Gasteiger partial charge in [-0.3, -0.25) is 4.79 Å². The predicted octanol–water partition coefficient (Wildman–Crippen LogP) is 3.42. The predicted molar refractivity (Wildman–Crippen MR) is 77.0 cm³/mol. The fourth-order valence-corrected chi connectivity index (χ4v) is 1.47. The van der Waals surface area contributed by atoms with Crippen molar-refractivity contribution in [3.63, 3.8) is 0 Å². The van der Waals surface area contributed by atoms with Crippen molar-refractivity contribution >= 4 is 56.5 Å². The molecule has 0 radical (unpaired) electrons. The number of nitrogens with one attached hydrogen (secondary N) is 1. The summed E-state index contributed by atoms with van der Waals surface area (Å²) in [5.41, 5.74) is 0.514. The van der Waals surface area contributed by atoms with E-state index in [0.717, 1.165) is 4.47 Å². The van der Waals surface area contributed by atoms with E-state index in [-0.39, 0.29) is 5.78 Å². The topological polar surface area (TPSA) is 49.3 Å². The number of carbonyl (C=O) groups is 1. The van der Waals surface area contributed by atoms with E-state index in [9.17, 15) is 9.90 Å². The summed E-state index contributed by atoms with van der Waals surface area (Å²) in [7, 11) is 0. The summed E-state index contributed by atoms with van der Waals surface area (Å²) in [6, 6.07) is 6.85. The highest BCUT2D eigenvalue weighted by Crippen LogP contribution is 2.28. The number of allylic oxidation sites excluding steroid dienone is 1. The number of halogens is 4. The van der Waals surface area contributed by atoms with E-state index >= 15 is 0 Å². The van der Waals surface area contributed by atoms with Crippen LogP contribution in [0.4, 0.5) is 0 Å². The van der Waals surface area contributed by atoms with Gasteiger partial charge in [0, 0.05) is 22.3 Å². The lowest BCUT2D eigenvalue weighted by Gasteiger charge is -2.18. The van der Waals surface area contributed by atoms with Gasteiger partial charge in [-0.2, -0.15) is 0 Å². The molecule has 0 bridgehead atoms. The highest BCUT2D eigenvalue weighted by Gasteiger charge is 2.29. The van der Waals surface area contributed by atoms with Crippen molar-refractivity contribution in [3.8, 4) is 0 Å². The Hall–Kier alpha value is -0.260. The third kappa shape index (κ3) is 5.16. The first-order valence-corrected chi connectivity index (χ1v) is 6.70. The van der Waals surface area contributed by atoms with Crippen LogP contribution < -0.4 is 5.32 Å². The van der Waals surface area contributed by atoms with E-state index < -0.39 is 10.0 Å². The van der Waals surface area contributed by atoms with Crippen LogP contribution in [0.15, 0.2) is 41.0 Å². The Morgan fingerprint density at radius 3 is 2.39 bits per heavy atom. The van der Waals surface area contributed by atoms with E-state index in [2.05, 4.69) is 21.2 Å². The van der Waals surface area contributed by atoms with E-state index in [1.165, 1.54) is 12.3 Å². The zero-order chi connectivity index (χ0) is 13.8. The second-order valence-electron chi connectivity index (χ2n) is 3.32. The van der Waals surface area contributed by atoms with Gasteiger partial charge < -0.3 is 10.4 Å². The highest BCUT2D eigenvalue weighted by atomic mass is 79.9. The molecule has 0 saturated heterocycles. The van der Waals surface area contributed by atoms with Gasteiger partial charge in [0.15, 0.2) is 12.0 Å². The molecule has 0 saturated carbocycles. The Morgan fingerprint density at radius 2 is 1.89 bits per heavy atom. The molecule has 0 amide bonds. The zero-order valence-corrected chi connectivity index (χ0v) is 12.8. The zero-order valence-electron chi connectivity index (χ0n) is 8.91. The molecule has 0 fully saturated rings. The third-order valence-corrected chi connectivity index (χ3v) is 3.08. The maximum atomic E-state index is 11.7. The molecule has 0 heterocycles. The van der Waals surface area contributed by atoms with Crippen molar-refractivity contribution in [3.05, 3.63) is 46.6 Å². The molecule has 98 valence electrons. The van der Waals surface area contributed by atoms with Crippen LogP contribution >= 0.6 is 50.7 Å². The van der Waals surface area contributed by atoms with Crippen molar-refractivity contribution in [2.75, 3.05) is 0 Å². The molecule has 0 aliphatic carbocycles. The Bertz CT molecular complexity index is 443. The lowest BCUT2D eigenvalue weighted by Crippen LogP contribution is -2.36. The van der Waals surface area contributed by atoms with Crippen LogP contribution in [0.2, 0.25) is 0 Å². The molecule has 1 aromatic carbocycles. The minimum Gasteiger partial charge on any atom is -0.370 e. The average Bonchev–Trinajstić information content (AvgIpc) is 2.28. The molecule has 1 unspecified atom stereocenters. The molecule has 1 rings (SSSR count). The molecule has 7 heteroatoms. The summed E-state index contributed by atoms with van der Waals surface area (Å²) in [5.74, 6) is -0.230. The second-order valence-corrected chi connectivity index (χ2v) is 6.60. The number of aliphatic hydroxyl groups is 1. The molecule has 1 aromatic rings. The average molecular weight is 373 g/mol. The van der Waals surface area contributed by atoms with Crippen LogP contribution in [0, 0.1) is 0 Å². The van der Waals surface area contributed by atoms with Gasteiger partial charge in [-0.05, 0) is 24.3 Å². The molecule has 1 atom stereocenters. The lowest BCUT2D eigenvalue weighted by molar-refractivity contribution is 0.104. The van der Waals surface area contributed by atoms with Crippen molar-refractivity contribution in [1.29, 1.82) is 0 Å². The standard InChI is InChI=1S/C11H9BrCl3NO2/c12-8-3-1-7(2-4-8)9(17)5-6-16-10(18)11(13,14)15/h1-6,10,16,18H/b6-5+. The van der Waals surface area contributed by atoms with E-state index in [1.54, 1.807) is 24.3 Å². The number of ketones is 1. The minimum atomic E-state index is -1.86. The van der Waals surface area contributed by atoms with Gasteiger partial charge in [-0.1, -0.05) is 50.7 Å². The SMILES string of the molecule is O=C(/C=C/NC(O)C(Cl)(Cl)Cl)c1ccc(Br)cc1. The summed E-state index contributed by atoms with van der Waals surface area (Å²) in [6.07, 6.45) is 1.08. The first-order chi connectivity index (χ1) is 8.30. The number of rotatable bonds is 4. The minimum absolute atomic E-state index is 0.230. The Labute approximate surface area is 128 Å². The third-order valence-electron chi connectivity index (χ3n) is 1.93. The number of carbonyl (C=O) groups excluding carboxylic acids is 1. The molecule has 0 spiro atoms. The highest BCUT2D eigenvalue weighted by molar-refractivity contribution is 9.10. The molecule has 18 heavy (non-hydrogen) atoms. The van der Waals surface area contributed by atoms with Gasteiger partial charge >= 0.3 is 0 Å². The molecule has 0 aromatic heterocycles. The van der Waals surface area contributed by atoms with Gasteiger partial charge in [-0.25, -0.2) is 0 Å². The summed E-state index contributed by atoms with van der Waals surface area (Å²) in [6.45, 7) is 0. The summed E-state index contributed by atoms with van der Waals surface area (Å²) in [4.78, 5) is 11.7. The van der Waals surface area contributed by atoms with Gasteiger partial charge in [-0.15, -0.1) is 0 Å².